The van der Waals surface area contributed by atoms with E-state index in [4.69, 9.17) is 16.3 Å². The van der Waals surface area contributed by atoms with Crippen LogP contribution in [0.1, 0.15) is 0 Å². The number of hydrogen-bond acceptors (Lipinski definition) is 4. The van der Waals surface area contributed by atoms with Gasteiger partial charge in [0.25, 0.3) is 0 Å². The van der Waals surface area contributed by atoms with Crippen LogP contribution in [0.25, 0.3) is 0 Å². The Morgan fingerprint density at radius 1 is 1.05 bits per heavy atom. The van der Waals surface area contributed by atoms with E-state index in [0.717, 1.165) is 48.5 Å². The Bertz CT molecular complexity index is 568. The number of anilines is 3. The van der Waals surface area contributed by atoms with Crippen LogP contribution in [0, 0.1) is 0 Å². The second kappa shape index (κ2) is 6.11. The van der Waals surface area contributed by atoms with Crippen molar-refractivity contribution in [3.63, 3.8) is 0 Å². The van der Waals surface area contributed by atoms with Gasteiger partial charge >= 0.3 is 0 Å². The van der Waals surface area contributed by atoms with Crippen molar-refractivity contribution in [3.8, 4) is 0 Å². The maximum absolute atomic E-state index is 5.89. The second-order valence-electron chi connectivity index (χ2n) is 4.63. The molecule has 1 fully saturated rings. The quantitative estimate of drug-likeness (QED) is 0.941. The zero-order valence-corrected chi connectivity index (χ0v) is 11.8. The lowest BCUT2D eigenvalue weighted by atomic mass is 10.3. The molecular formula is C15H16ClN3O. The van der Waals surface area contributed by atoms with Gasteiger partial charge in [-0.05, 0) is 30.3 Å². The average Bonchev–Trinajstić information content (AvgIpc) is 2.51. The summed E-state index contributed by atoms with van der Waals surface area (Å²) in [7, 11) is 0. The van der Waals surface area contributed by atoms with Gasteiger partial charge in [-0.2, -0.15) is 0 Å². The minimum atomic E-state index is 0.735. The SMILES string of the molecule is Clc1ccc(Nc2ccnc(N3CCOCC3)c2)cc1. The number of benzene rings is 1. The lowest BCUT2D eigenvalue weighted by Gasteiger charge is -2.28. The van der Waals surface area contributed by atoms with Crippen molar-refractivity contribution in [1.29, 1.82) is 0 Å². The van der Waals surface area contributed by atoms with Crippen LogP contribution >= 0.6 is 11.6 Å². The van der Waals surface area contributed by atoms with Crippen molar-refractivity contribution in [1.82, 2.24) is 4.98 Å². The fourth-order valence-corrected chi connectivity index (χ4v) is 2.29. The van der Waals surface area contributed by atoms with Crippen LogP contribution in [0.5, 0.6) is 0 Å². The highest BCUT2D eigenvalue weighted by molar-refractivity contribution is 6.30. The molecule has 0 spiro atoms. The van der Waals surface area contributed by atoms with Crippen molar-refractivity contribution in [3.05, 3.63) is 47.6 Å². The summed E-state index contributed by atoms with van der Waals surface area (Å²) in [5.74, 6) is 0.979. The fraction of sp³-hybridized carbons (Fsp3) is 0.267. The Morgan fingerprint density at radius 3 is 2.55 bits per heavy atom. The van der Waals surface area contributed by atoms with Crippen LogP contribution < -0.4 is 10.2 Å². The Balaban J connectivity index is 1.75. The molecule has 2 heterocycles. The Hall–Kier alpha value is -1.78. The van der Waals surface area contributed by atoms with E-state index in [-0.39, 0.29) is 0 Å². The second-order valence-corrected chi connectivity index (χ2v) is 5.07. The molecule has 3 rings (SSSR count). The fourth-order valence-electron chi connectivity index (χ4n) is 2.16. The summed E-state index contributed by atoms with van der Waals surface area (Å²) >= 11 is 5.89. The molecule has 5 heteroatoms. The highest BCUT2D eigenvalue weighted by atomic mass is 35.5. The van der Waals surface area contributed by atoms with Crippen LogP contribution in [0.3, 0.4) is 0 Å². The summed E-state index contributed by atoms with van der Waals surface area (Å²) in [5, 5.41) is 4.09. The first-order valence-corrected chi connectivity index (χ1v) is 7.00. The summed E-state index contributed by atoms with van der Waals surface area (Å²) in [4.78, 5) is 6.66. The number of nitrogens with one attached hydrogen (secondary N) is 1. The van der Waals surface area contributed by atoms with Gasteiger partial charge in [-0.1, -0.05) is 11.6 Å². The van der Waals surface area contributed by atoms with Gasteiger partial charge in [0.15, 0.2) is 0 Å². The lowest BCUT2D eigenvalue weighted by Crippen LogP contribution is -2.36. The Labute approximate surface area is 123 Å². The number of ether oxygens (including phenoxy) is 1. The number of rotatable bonds is 3. The van der Waals surface area contributed by atoms with Crippen molar-refractivity contribution in [2.24, 2.45) is 0 Å². The van der Waals surface area contributed by atoms with Gasteiger partial charge in [0.1, 0.15) is 5.82 Å². The predicted octanol–water partition coefficient (Wildman–Crippen LogP) is 3.32. The standard InChI is InChI=1S/C15H16ClN3O/c16-12-1-3-13(4-2-12)18-14-5-6-17-15(11-14)19-7-9-20-10-8-19/h1-6,11H,7-10H2,(H,17,18). The van der Waals surface area contributed by atoms with E-state index < -0.39 is 0 Å². The number of hydrogen-bond donors (Lipinski definition) is 1. The van der Waals surface area contributed by atoms with E-state index in [1.807, 2.05) is 36.5 Å². The van der Waals surface area contributed by atoms with Gasteiger partial charge < -0.3 is 15.0 Å². The topological polar surface area (TPSA) is 37.4 Å². The molecule has 0 saturated carbocycles. The number of nitrogens with zero attached hydrogens (tertiary/aromatic N) is 2. The van der Waals surface area contributed by atoms with E-state index in [1.54, 1.807) is 0 Å². The molecule has 0 unspecified atom stereocenters. The van der Waals surface area contributed by atoms with Gasteiger partial charge in [-0.3, -0.25) is 0 Å². The molecule has 1 aromatic carbocycles. The van der Waals surface area contributed by atoms with Crippen molar-refractivity contribution >= 4 is 28.8 Å². The van der Waals surface area contributed by atoms with Crippen LogP contribution in [0.2, 0.25) is 5.02 Å². The molecule has 1 N–H and O–H groups in total. The molecule has 2 aromatic rings. The summed E-state index contributed by atoms with van der Waals surface area (Å²) in [6.07, 6.45) is 1.82. The van der Waals surface area contributed by atoms with E-state index >= 15 is 0 Å². The highest BCUT2D eigenvalue weighted by Gasteiger charge is 2.12. The molecular weight excluding hydrogens is 274 g/mol. The molecule has 1 aliphatic rings. The molecule has 1 aromatic heterocycles. The van der Waals surface area contributed by atoms with Crippen molar-refractivity contribution in [2.75, 3.05) is 36.5 Å². The Kier molecular flexibility index (Phi) is 4.04. The summed E-state index contributed by atoms with van der Waals surface area (Å²) in [6, 6.07) is 11.7. The minimum absolute atomic E-state index is 0.735. The van der Waals surface area contributed by atoms with Crippen LogP contribution in [-0.2, 0) is 4.74 Å². The molecule has 0 atom stereocenters. The van der Waals surface area contributed by atoms with Gasteiger partial charge in [0.05, 0.1) is 13.2 Å². The maximum atomic E-state index is 5.89. The first kappa shape index (κ1) is 13.2. The molecule has 1 saturated heterocycles. The number of aromatic nitrogens is 1. The van der Waals surface area contributed by atoms with Gasteiger partial charge in [0.2, 0.25) is 0 Å². The van der Waals surface area contributed by atoms with E-state index in [9.17, 15) is 0 Å². The van der Waals surface area contributed by atoms with Gasteiger partial charge in [-0.25, -0.2) is 4.98 Å². The summed E-state index contributed by atoms with van der Waals surface area (Å²) < 4.78 is 5.36. The Morgan fingerprint density at radius 2 is 1.80 bits per heavy atom. The van der Waals surface area contributed by atoms with Crippen LogP contribution in [-0.4, -0.2) is 31.3 Å². The van der Waals surface area contributed by atoms with Crippen molar-refractivity contribution < 1.29 is 4.74 Å². The molecule has 1 aliphatic heterocycles. The monoisotopic (exact) mass is 289 g/mol. The van der Waals surface area contributed by atoms with Gasteiger partial charge in [-0.15, -0.1) is 0 Å². The number of halogens is 1. The molecule has 0 radical (unpaired) electrons. The lowest BCUT2D eigenvalue weighted by molar-refractivity contribution is 0.122. The smallest absolute Gasteiger partial charge is 0.130 e. The number of pyridine rings is 1. The predicted molar refractivity (Wildman–Crippen MR) is 82.0 cm³/mol. The average molecular weight is 290 g/mol. The van der Waals surface area contributed by atoms with Crippen LogP contribution in [0.15, 0.2) is 42.6 Å². The third-order valence-electron chi connectivity index (χ3n) is 3.21. The molecule has 104 valence electrons. The normalized spacial score (nSPS) is 15.2. The number of morpholine rings is 1. The van der Waals surface area contributed by atoms with E-state index in [2.05, 4.69) is 21.3 Å². The minimum Gasteiger partial charge on any atom is -0.378 e. The molecule has 4 nitrogen and oxygen atoms in total. The highest BCUT2D eigenvalue weighted by Crippen LogP contribution is 2.22. The molecule has 0 amide bonds. The first-order chi connectivity index (χ1) is 9.81. The molecule has 0 aliphatic carbocycles. The molecule has 0 bridgehead atoms. The third-order valence-corrected chi connectivity index (χ3v) is 3.47. The first-order valence-electron chi connectivity index (χ1n) is 6.62. The van der Waals surface area contributed by atoms with E-state index in [0.29, 0.717) is 0 Å². The summed E-state index contributed by atoms with van der Waals surface area (Å²) in [6.45, 7) is 3.29. The van der Waals surface area contributed by atoms with E-state index in [1.165, 1.54) is 0 Å². The summed E-state index contributed by atoms with van der Waals surface area (Å²) in [5.41, 5.74) is 2.03. The van der Waals surface area contributed by atoms with Crippen molar-refractivity contribution in [2.45, 2.75) is 0 Å². The zero-order chi connectivity index (χ0) is 13.8. The van der Waals surface area contributed by atoms with Crippen LogP contribution in [0.4, 0.5) is 17.2 Å². The molecule has 20 heavy (non-hydrogen) atoms. The maximum Gasteiger partial charge on any atom is 0.130 e. The largest absolute Gasteiger partial charge is 0.378 e. The third kappa shape index (κ3) is 3.21. The zero-order valence-electron chi connectivity index (χ0n) is 11.1. The van der Waals surface area contributed by atoms with Gasteiger partial charge in [0, 0.05) is 41.8 Å².